The third-order valence-corrected chi connectivity index (χ3v) is 5.12. The van der Waals surface area contributed by atoms with Gasteiger partial charge in [0.15, 0.2) is 0 Å². The Labute approximate surface area is 157 Å². The minimum absolute atomic E-state index is 0.210. The van der Waals surface area contributed by atoms with Gasteiger partial charge in [-0.05, 0) is 47.9 Å². The van der Waals surface area contributed by atoms with Gasteiger partial charge in [-0.3, -0.25) is 0 Å². The van der Waals surface area contributed by atoms with E-state index in [0.717, 1.165) is 12.8 Å². The van der Waals surface area contributed by atoms with E-state index in [2.05, 4.69) is 43.3 Å². The van der Waals surface area contributed by atoms with Gasteiger partial charge in [0.1, 0.15) is 0 Å². The number of hydrogen-bond acceptors (Lipinski definition) is 3. The lowest BCUT2D eigenvalue weighted by atomic mass is 9.90. The molecule has 26 heavy (non-hydrogen) atoms. The first-order valence-corrected chi connectivity index (χ1v) is 9.79. The van der Waals surface area contributed by atoms with Crippen LogP contribution in [0, 0.1) is 0 Å². The molecule has 3 nitrogen and oxygen atoms in total. The van der Waals surface area contributed by atoms with Crippen LogP contribution in [0.25, 0.3) is 11.1 Å². The number of aliphatic hydroxyl groups excluding tert-OH is 2. The summed E-state index contributed by atoms with van der Waals surface area (Å²) in [5.74, 6) is 0. The fourth-order valence-corrected chi connectivity index (χ4v) is 3.22. The van der Waals surface area contributed by atoms with Gasteiger partial charge in [0, 0.05) is 0 Å². The monoisotopic (exact) mass is 355 g/mol. The molecule has 0 bridgehead atoms. The Morgan fingerprint density at radius 3 is 2.19 bits per heavy atom. The van der Waals surface area contributed by atoms with Crippen molar-refractivity contribution in [3.63, 3.8) is 0 Å². The van der Waals surface area contributed by atoms with Crippen molar-refractivity contribution in [2.24, 2.45) is 5.73 Å². The smallest absolute Gasteiger partial charge is 0.0633 e. The largest absolute Gasteiger partial charge is 0.394 e. The standard InChI is InChI=1S/C23H33NO2/c1-2-3-4-5-8-19-11-13-21(14-12-19)22-10-7-6-9-20(22)15-16-23(24,17-25)18-26/h6-7,9-14,25-26H,2-5,8,15-18,24H2,1H3. The van der Waals surface area contributed by atoms with E-state index < -0.39 is 5.54 Å². The molecule has 0 radical (unpaired) electrons. The summed E-state index contributed by atoms with van der Waals surface area (Å²) in [4.78, 5) is 0. The zero-order valence-corrected chi connectivity index (χ0v) is 16.0. The normalized spacial score (nSPS) is 11.7. The number of benzene rings is 2. The highest BCUT2D eigenvalue weighted by Gasteiger charge is 2.23. The quantitative estimate of drug-likeness (QED) is 0.532. The summed E-state index contributed by atoms with van der Waals surface area (Å²) >= 11 is 0. The van der Waals surface area contributed by atoms with Gasteiger partial charge < -0.3 is 15.9 Å². The fourth-order valence-electron chi connectivity index (χ4n) is 3.22. The second-order valence-corrected chi connectivity index (χ2v) is 7.34. The summed E-state index contributed by atoms with van der Waals surface area (Å²) in [6, 6.07) is 17.1. The van der Waals surface area contributed by atoms with E-state index in [1.54, 1.807) is 0 Å². The first-order valence-electron chi connectivity index (χ1n) is 9.79. The number of rotatable bonds is 11. The van der Waals surface area contributed by atoms with Gasteiger partial charge in [-0.15, -0.1) is 0 Å². The molecule has 3 heteroatoms. The second-order valence-electron chi connectivity index (χ2n) is 7.34. The zero-order chi connectivity index (χ0) is 18.8. The molecule has 4 N–H and O–H groups in total. The lowest BCUT2D eigenvalue weighted by molar-refractivity contribution is 0.115. The molecule has 2 aromatic rings. The lowest BCUT2D eigenvalue weighted by Crippen LogP contribution is -2.47. The van der Waals surface area contributed by atoms with Crippen molar-refractivity contribution in [3.8, 4) is 11.1 Å². The van der Waals surface area contributed by atoms with Crippen LogP contribution >= 0.6 is 0 Å². The average molecular weight is 356 g/mol. The van der Waals surface area contributed by atoms with E-state index >= 15 is 0 Å². The maximum absolute atomic E-state index is 9.40. The first-order chi connectivity index (χ1) is 12.6. The van der Waals surface area contributed by atoms with Crippen molar-refractivity contribution >= 4 is 0 Å². The predicted molar refractivity (Wildman–Crippen MR) is 109 cm³/mol. The van der Waals surface area contributed by atoms with Crippen LogP contribution in [0.5, 0.6) is 0 Å². The molecule has 0 aliphatic carbocycles. The molecule has 0 aromatic heterocycles. The molecule has 0 atom stereocenters. The number of unbranched alkanes of at least 4 members (excludes halogenated alkanes) is 3. The van der Waals surface area contributed by atoms with Crippen LogP contribution in [-0.2, 0) is 12.8 Å². The Hall–Kier alpha value is -1.68. The molecule has 0 heterocycles. The van der Waals surface area contributed by atoms with Crippen molar-refractivity contribution in [2.45, 2.75) is 57.4 Å². The second kappa shape index (κ2) is 10.5. The van der Waals surface area contributed by atoms with Gasteiger partial charge in [0.25, 0.3) is 0 Å². The van der Waals surface area contributed by atoms with Crippen molar-refractivity contribution < 1.29 is 10.2 Å². The minimum atomic E-state index is -0.921. The highest BCUT2D eigenvalue weighted by molar-refractivity contribution is 5.67. The summed E-state index contributed by atoms with van der Waals surface area (Å²) in [5.41, 5.74) is 10.1. The third kappa shape index (κ3) is 5.94. The SMILES string of the molecule is CCCCCCc1ccc(-c2ccccc2CCC(N)(CO)CO)cc1. The van der Waals surface area contributed by atoms with E-state index in [1.165, 1.54) is 47.9 Å². The molecule has 0 saturated heterocycles. The molecule has 0 unspecified atom stereocenters. The van der Waals surface area contributed by atoms with Crippen LogP contribution in [-0.4, -0.2) is 29.0 Å². The molecular weight excluding hydrogens is 322 g/mol. The molecule has 2 aromatic carbocycles. The van der Waals surface area contributed by atoms with Crippen LogP contribution in [0.15, 0.2) is 48.5 Å². The van der Waals surface area contributed by atoms with Gasteiger partial charge in [-0.25, -0.2) is 0 Å². The van der Waals surface area contributed by atoms with E-state index in [9.17, 15) is 10.2 Å². The molecular formula is C23H33NO2. The van der Waals surface area contributed by atoms with Crippen LogP contribution in [0.2, 0.25) is 0 Å². The molecule has 2 rings (SSSR count). The summed E-state index contributed by atoms with van der Waals surface area (Å²) < 4.78 is 0. The van der Waals surface area contributed by atoms with Gasteiger partial charge in [0.05, 0.1) is 18.8 Å². The zero-order valence-electron chi connectivity index (χ0n) is 16.0. The Kier molecular flexibility index (Phi) is 8.30. The summed E-state index contributed by atoms with van der Waals surface area (Å²) in [6.45, 7) is 1.82. The number of nitrogens with two attached hydrogens (primary N) is 1. The van der Waals surface area contributed by atoms with E-state index in [1.807, 2.05) is 12.1 Å². The molecule has 0 amide bonds. The highest BCUT2D eigenvalue weighted by atomic mass is 16.3. The van der Waals surface area contributed by atoms with Gasteiger partial charge in [0.2, 0.25) is 0 Å². The van der Waals surface area contributed by atoms with Crippen LogP contribution in [0.1, 0.15) is 50.2 Å². The molecule has 0 fully saturated rings. The van der Waals surface area contributed by atoms with E-state index in [4.69, 9.17) is 5.73 Å². The van der Waals surface area contributed by atoms with Crippen LogP contribution in [0.3, 0.4) is 0 Å². The number of aryl methyl sites for hydroxylation is 2. The summed E-state index contributed by atoms with van der Waals surface area (Å²) in [7, 11) is 0. The third-order valence-electron chi connectivity index (χ3n) is 5.12. The van der Waals surface area contributed by atoms with E-state index in [0.29, 0.717) is 6.42 Å². The molecule has 0 aliphatic rings. The van der Waals surface area contributed by atoms with Crippen molar-refractivity contribution in [1.29, 1.82) is 0 Å². The molecule has 0 aliphatic heterocycles. The Balaban J connectivity index is 2.06. The van der Waals surface area contributed by atoms with Crippen LogP contribution in [0.4, 0.5) is 0 Å². The number of aliphatic hydroxyl groups is 2. The summed E-state index contributed by atoms with van der Waals surface area (Å²) in [6.07, 6.45) is 7.56. The molecule has 142 valence electrons. The average Bonchev–Trinajstić information content (AvgIpc) is 2.70. The maximum atomic E-state index is 9.40. The van der Waals surface area contributed by atoms with Crippen LogP contribution < -0.4 is 5.73 Å². The fraction of sp³-hybridized carbons (Fsp3) is 0.478. The maximum Gasteiger partial charge on any atom is 0.0633 e. The van der Waals surface area contributed by atoms with Crippen molar-refractivity contribution in [3.05, 3.63) is 59.7 Å². The Morgan fingerprint density at radius 2 is 1.54 bits per heavy atom. The predicted octanol–water partition coefficient (Wildman–Crippen LogP) is 4.09. The van der Waals surface area contributed by atoms with Gasteiger partial charge in [-0.2, -0.15) is 0 Å². The number of hydrogen-bond donors (Lipinski definition) is 3. The minimum Gasteiger partial charge on any atom is -0.394 e. The van der Waals surface area contributed by atoms with E-state index in [-0.39, 0.29) is 13.2 Å². The van der Waals surface area contributed by atoms with Gasteiger partial charge in [-0.1, -0.05) is 74.7 Å². The topological polar surface area (TPSA) is 66.5 Å². The van der Waals surface area contributed by atoms with Crippen molar-refractivity contribution in [1.82, 2.24) is 0 Å². The molecule has 0 saturated carbocycles. The van der Waals surface area contributed by atoms with Crippen molar-refractivity contribution in [2.75, 3.05) is 13.2 Å². The Morgan fingerprint density at radius 1 is 0.846 bits per heavy atom. The van der Waals surface area contributed by atoms with Gasteiger partial charge >= 0.3 is 0 Å². The summed E-state index contributed by atoms with van der Waals surface area (Å²) in [5, 5.41) is 18.8. The Bertz CT molecular complexity index is 648. The lowest BCUT2D eigenvalue weighted by Gasteiger charge is -2.25. The highest BCUT2D eigenvalue weighted by Crippen LogP contribution is 2.26. The molecule has 0 spiro atoms. The first kappa shape index (κ1) is 20.6.